The van der Waals surface area contributed by atoms with Crippen molar-refractivity contribution in [1.82, 2.24) is 14.8 Å². The topological polar surface area (TPSA) is 36.4 Å². The van der Waals surface area contributed by atoms with Gasteiger partial charge < -0.3 is 4.90 Å². The van der Waals surface area contributed by atoms with Gasteiger partial charge >= 0.3 is 12.4 Å². The molecule has 1 saturated heterocycles. The van der Waals surface area contributed by atoms with E-state index >= 15 is 0 Å². The molecule has 4 nitrogen and oxygen atoms in total. The van der Waals surface area contributed by atoms with Gasteiger partial charge in [-0.3, -0.25) is 14.7 Å². The molecule has 1 atom stereocenters. The summed E-state index contributed by atoms with van der Waals surface area (Å²) in [5.41, 5.74) is 0.107. The zero-order valence-corrected chi connectivity index (χ0v) is 24.4. The van der Waals surface area contributed by atoms with Crippen LogP contribution in [0.15, 0.2) is 60.9 Å². The van der Waals surface area contributed by atoms with Gasteiger partial charge in [-0.25, -0.2) is 0 Å². The normalized spacial score (nSPS) is 15.6. The molecule has 1 aromatic heterocycles. The lowest BCUT2D eigenvalue weighted by Crippen LogP contribution is -2.56. The lowest BCUT2D eigenvalue weighted by Gasteiger charge is -2.41. The second kappa shape index (κ2) is 14.3. The average molecular weight is 632 g/mol. The highest BCUT2D eigenvalue weighted by molar-refractivity contribution is 5.95. The monoisotopic (exact) mass is 631 g/mol. The average Bonchev–Trinajstić information content (AvgIpc) is 2.90. The molecule has 1 aliphatic heterocycles. The molecule has 0 spiro atoms. The van der Waals surface area contributed by atoms with E-state index in [1.165, 1.54) is 4.90 Å². The number of carbonyl (C=O) groups is 1. The Hall–Kier alpha value is -3.26. The number of alkyl halides is 6. The van der Waals surface area contributed by atoms with Gasteiger partial charge in [-0.1, -0.05) is 30.0 Å². The summed E-state index contributed by atoms with van der Waals surface area (Å²) in [4.78, 5) is 20.9. The third-order valence-electron chi connectivity index (χ3n) is 6.90. The number of rotatable bonds is 4. The molecular formula is C30H29Cl2F6N3O. The Kier molecular flexibility index (Phi) is 11.9. The van der Waals surface area contributed by atoms with E-state index in [4.69, 9.17) is 0 Å². The third kappa shape index (κ3) is 8.87. The zero-order valence-electron chi connectivity index (χ0n) is 22.7. The maximum atomic E-state index is 13.5. The Balaban J connectivity index is 0.00000308. The number of carbonyl (C=O) groups excluding carboxylic acids is 1. The third-order valence-corrected chi connectivity index (χ3v) is 6.90. The summed E-state index contributed by atoms with van der Waals surface area (Å²) in [7, 11) is 0. The maximum absolute atomic E-state index is 13.5. The van der Waals surface area contributed by atoms with Gasteiger partial charge in [0.15, 0.2) is 0 Å². The van der Waals surface area contributed by atoms with Crippen LogP contribution >= 0.6 is 24.8 Å². The van der Waals surface area contributed by atoms with Crippen LogP contribution in [0, 0.1) is 25.7 Å². The van der Waals surface area contributed by atoms with Crippen LogP contribution in [-0.4, -0.2) is 52.9 Å². The molecule has 42 heavy (non-hydrogen) atoms. The summed E-state index contributed by atoms with van der Waals surface area (Å²) in [6.07, 6.45) is -6.43. The van der Waals surface area contributed by atoms with Crippen LogP contribution in [0.2, 0.25) is 0 Å². The standard InChI is InChI=1S/C30H27F6N3O.2ClH/c1-20-7-8-23(13-21(20)2)14-27-19-38(10-4-6-22-5-3-9-37-18-22)11-12-39(27)28(40)24-15-25(29(31,32)33)17-26(16-24)30(34,35)36;;/h3,5,7-9,13,15-18,27H,10-12,14,19H2,1-2H3;2*1H/t27-;;/m1../s1. The van der Waals surface area contributed by atoms with Crippen LogP contribution in [0.1, 0.15) is 43.7 Å². The predicted molar refractivity (Wildman–Crippen MR) is 153 cm³/mol. The van der Waals surface area contributed by atoms with E-state index in [1.807, 2.05) is 43.0 Å². The molecule has 1 fully saturated rings. The first kappa shape index (κ1) is 34.9. The zero-order chi connectivity index (χ0) is 29.1. The van der Waals surface area contributed by atoms with Crippen molar-refractivity contribution in [3.63, 3.8) is 0 Å². The molecule has 3 aromatic rings. The van der Waals surface area contributed by atoms with E-state index < -0.39 is 41.0 Å². The Morgan fingerprint density at radius 1 is 0.929 bits per heavy atom. The van der Waals surface area contributed by atoms with Gasteiger partial charge in [-0.05, 0) is 67.3 Å². The first-order valence-corrected chi connectivity index (χ1v) is 12.6. The molecule has 0 bridgehead atoms. The number of aryl methyl sites for hydroxylation is 2. The fraction of sp³-hybridized carbons (Fsp3) is 0.333. The summed E-state index contributed by atoms with van der Waals surface area (Å²) in [5, 5.41) is 0. The molecular weight excluding hydrogens is 603 g/mol. The molecule has 0 N–H and O–H groups in total. The number of halogens is 8. The van der Waals surface area contributed by atoms with Crippen LogP contribution in [0.4, 0.5) is 26.3 Å². The Labute approximate surface area is 252 Å². The molecule has 4 rings (SSSR count). The Bertz CT molecular complexity index is 1400. The minimum atomic E-state index is -5.04. The van der Waals surface area contributed by atoms with Crippen LogP contribution in [0.5, 0.6) is 0 Å². The largest absolute Gasteiger partial charge is 0.416 e. The molecule has 0 saturated carbocycles. The molecule has 0 aliphatic carbocycles. The van der Waals surface area contributed by atoms with E-state index in [-0.39, 0.29) is 37.4 Å². The smallest absolute Gasteiger partial charge is 0.333 e. The highest BCUT2D eigenvalue weighted by atomic mass is 35.5. The number of hydrogen-bond acceptors (Lipinski definition) is 3. The first-order valence-electron chi connectivity index (χ1n) is 12.6. The molecule has 12 heteroatoms. The number of hydrogen-bond donors (Lipinski definition) is 0. The summed E-state index contributed by atoms with van der Waals surface area (Å²) < 4.78 is 80.7. The lowest BCUT2D eigenvalue weighted by molar-refractivity contribution is -0.143. The number of amides is 1. The lowest BCUT2D eigenvalue weighted by atomic mass is 9.97. The second-order valence-corrected chi connectivity index (χ2v) is 9.85. The number of piperazine rings is 1. The fourth-order valence-electron chi connectivity index (χ4n) is 4.64. The van der Waals surface area contributed by atoms with Crippen molar-refractivity contribution in [1.29, 1.82) is 0 Å². The number of pyridine rings is 1. The first-order chi connectivity index (χ1) is 18.8. The van der Waals surface area contributed by atoms with Gasteiger partial charge in [-0.15, -0.1) is 24.8 Å². The Morgan fingerprint density at radius 3 is 2.17 bits per heavy atom. The van der Waals surface area contributed by atoms with E-state index in [9.17, 15) is 31.1 Å². The van der Waals surface area contributed by atoms with Gasteiger partial charge in [0.1, 0.15) is 0 Å². The molecule has 0 radical (unpaired) electrons. The van der Waals surface area contributed by atoms with Gasteiger partial charge in [-0.2, -0.15) is 26.3 Å². The van der Waals surface area contributed by atoms with Crippen molar-refractivity contribution >= 4 is 30.7 Å². The van der Waals surface area contributed by atoms with Crippen LogP contribution in [-0.2, 0) is 18.8 Å². The summed E-state index contributed by atoms with van der Waals surface area (Å²) in [6, 6.07) is 9.96. The summed E-state index contributed by atoms with van der Waals surface area (Å²) in [5.74, 6) is 5.23. The van der Waals surface area contributed by atoms with Gasteiger partial charge in [0.25, 0.3) is 5.91 Å². The summed E-state index contributed by atoms with van der Waals surface area (Å²) >= 11 is 0. The minimum absolute atomic E-state index is 0. The van der Waals surface area contributed by atoms with Crippen molar-refractivity contribution in [2.24, 2.45) is 0 Å². The minimum Gasteiger partial charge on any atom is -0.333 e. The van der Waals surface area contributed by atoms with Crippen molar-refractivity contribution in [2.45, 2.75) is 38.7 Å². The van der Waals surface area contributed by atoms with Crippen LogP contribution in [0.25, 0.3) is 0 Å². The predicted octanol–water partition coefficient (Wildman–Crippen LogP) is 7.00. The van der Waals surface area contributed by atoms with E-state index in [0.29, 0.717) is 38.2 Å². The van der Waals surface area contributed by atoms with Crippen LogP contribution < -0.4 is 0 Å². The molecule has 2 aromatic carbocycles. The van der Waals surface area contributed by atoms with E-state index in [1.54, 1.807) is 18.5 Å². The van der Waals surface area contributed by atoms with E-state index in [2.05, 4.69) is 16.8 Å². The van der Waals surface area contributed by atoms with Gasteiger partial charge in [0, 0.05) is 49.2 Å². The molecule has 1 amide bonds. The quantitative estimate of drug-likeness (QED) is 0.230. The molecule has 226 valence electrons. The van der Waals surface area contributed by atoms with Crippen LogP contribution in [0.3, 0.4) is 0 Å². The van der Waals surface area contributed by atoms with E-state index in [0.717, 1.165) is 22.3 Å². The molecule has 1 aliphatic rings. The number of nitrogens with zero attached hydrogens (tertiary/aromatic N) is 3. The highest BCUT2D eigenvalue weighted by Gasteiger charge is 2.39. The van der Waals surface area contributed by atoms with Gasteiger partial charge in [0.2, 0.25) is 0 Å². The Morgan fingerprint density at radius 2 is 1.60 bits per heavy atom. The maximum Gasteiger partial charge on any atom is 0.416 e. The number of aromatic nitrogens is 1. The molecule has 0 unspecified atom stereocenters. The molecule has 2 heterocycles. The summed E-state index contributed by atoms with van der Waals surface area (Å²) in [6.45, 7) is 5.13. The SMILES string of the molecule is Cc1ccc(C[C@@H]2CN(CC#Cc3cccnc3)CCN2C(=O)c2cc(C(F)(F)F)cc(C(F)(F)F)c2)cc1C.Cl.Cl. The number of benzene rings is 2. The van der Waals surface area contributed by atoms with Crippen molar-refractivity contribution < 1.29 is 31.1 Å². The van der Waals surface area contributed by atoms with Crippen molar-refractivity contribution in [3.8, 4) is 11.8 Å². The van der Waals surface area contributed by atoms with Gasteiger partial charge in [0.05, 0.1) is 17.7 Å². The highest BCUT2D eigenvalue weighted by Crippen LogP contribution is 2.37. The fourth-order valence-corrected chi connectivity index (χ4v) is 4.64. The van der Waals surface area contributed by atoms with Crippen molar-refractivity contribution in [3.05, 3.63) is 99.9 Å². The second-order valence-electron chi connectivity index (χ2n) is 9.85. The van der Waals surface area contributed by atoms with Crippen molar-refractivity contribution in [2.75, 3.05) is 26.2 Å².